The van der Waals surface area contributed by atoms with Crippen molar-refractivity contribution in [2.24, 2.45) is 11.8 Å². The van der Waals surface area contributed by atoms with E-state index in [4.69, 9.17) is 13.8 Å². The molecule has 0 aliphatic heterocycles. The molecule has 0 heterocycles. The minimum atomic E-state index is -3.74. The summed E-state index contributed by atoms with van der Waals surface area (Å²) in [5.74, 6) is -2.15. The van der Waals surface area contributed by atoms with E-state index in [1.54, 1.807) is 0 Å². The Balaban J connectivity index is 2.76. The highest BCUT2D eigenvalue weighted by molar-refractivity contribution is 7.55. The van der Waals surface area contributed by atoms with Gasteiger partial charge in [-0.2, -0.15) is 0 Å². The van der Waals surface area contributed by atoms with Crippen molar-refractivity contribution in [3.05, 3.63) is 12.2 Å². The van der Waals surface area contributed by atoms with Crippen molar-refractivity contribution in [1.29, 1.82) is 0 Å². The topological polar surface area (TPSA) is 91.3 Å². The summed E-state index contributed by atoms with van der Waals surface area (Å²) in [5, 5.41) is 9.35. The summed E-state index contributed by atoms with van der Waals surface area (Å²) >= 11 is 0. The fourth-order valence-corrected chi connectivity index (χ4v) is 3.39. The smallest absolute Gasteiger partial charge is 0.370 e. The zero-order valence-electron chi connectivity index (χ0n) is 12.6. The molecule has 0 aromatic carbocycles. The van der Waals surface area contributed by atoms with Crippen LogP contribution in [-0.4, -0.2) is 51.5 Å². The van der Waals surface area contributed by atoms with Crippen molar-refractivity contribution < 1.29 is 33.0 Å². The monoisotopic (exact) mass is 322 g/mol. The molecule has 1 aliphatic rings. The van der Waals surface area contributed by atoms with Crippen molar-refractivity contribution in [1.82, 2.24) is 0 Å². The third kappa shape index (κ3) is 4.63. The number of rotatable bonds is 8. The molecule has 0 radical (unpaired) electrons. The van der Waals surface area contributed by atoms with E-state index in [2.05, 4.69) is 4.74 Å². The number of hydrogen-bond acceptors (Lipinski definition) is 7. The molecular weight excluding hydrogens is 299 g/mol. The van der Waals surface area contributed by atoms with Gasteiger partial charge >= 0.3 is 13.6 Å². The van der Waals surface area contributed by atoms with Crippen LogP contribution in [0.5, 0.6) is 0 Å². The van der Waals surface area contributed by atoms with Gasteiger partial charge in [0.2, 0.25) is 0 Å². The van der Waals surface area contributed by atoms with E-state index in [0.29, 0.717) is 0 Å². The maximum atomic E-state index is 12.3. The molecule has 1 aliphatic carbocycles. The van der Waals surface area contributed by atoms with Gasteiger partial charge in [0.05, 0.1) is 13.7 Å². The number of methoxy groups -OCH3 is 1. The molecule has 0 amide bonds. The number of carbonyl (C=O) groups excluding carboxylic acids is 1. The van der Waals surface area contributed by atoms with Crippen LogP contribution in [0.1, 0.15) is 12.8 Å². The van der Waals surface area contributed by atoms with Crippen molar-refractivity contribution in [2.75, 3.05) is 34.5 Å². The lowest BCUT2D eigenvalue weighted by Crippen LogP contribution is -2.32. The summed E-state index contributed by atoms with van der Waals surface area (Å²) in [4.78, 5) is 11.8. The van der Waals surface area contributed by atoms with E-state index < -0.39 is 19.4 Å². The number of allylic oxidation sites excluding steroid dienone is 2. The second-order valence-electron chi connectivity index (χ2n) is 4.76. The van der Waals surface area contributed by atoms with Crippen molar-refractivity contribution >= 4 is 13.6 Å². The number of ether oxygens (including phenoxy) is 2. The SMILES string of the molecule is COC(=O)C(OCC1CC=CCC1CO)P(=O)(OC)OC. The van der Waals surface area contributed by atoms with Crippen LogP contribution in [0.4, 0.5) is 0 Å². The van der Waals surface area contributed by atoms with Crippen LogP contribution in [-0.2, 0) is 27.9 Å². The molecule has 0 saturated heterocycles. The molecule has 3 unspecified atom stereocenters. The number of hydrogen-bond donors (Lipinski definition) is 1. The lowest BCUT2D eigenvalue weighted by Gasteiger charge is -2.29. The predicted octanol–water partition coefficient (Wildman–Crippen LogP) is 1.56. The van der Waals surface area contributed by atoms with Crippen molar-refractivity contribution in [2.45, 2.75) is 18.7 Å². The molecular formula is C13H23O7P. The Labute approximate surface area is 124 Å². The first kappa shape index (κ1) is 18.3. The van der Waals surface area contributed by atoms with Gasteiger partial charge in [-0.15, -0.1) is 0 Å². The van der Waals surface area contributed by atoms with Crippen molar-refractivity contribution in [3.63, 3.8) is 0 Å². The van der Waals surface area contributed by atoms with E-state index in [-0.39, 0.29) is 25.0 Å². The molecule has 122 valence electrons. The molecule has 0 saturated carbocycles. The average Bonchev–Trinajstić information content (AvgIpc) is 2.54. The van der Waals surface area contributed by atoms with E-state index >= 15 is 0 Å². The van der Waals surface area contributed by atoms with Gasteiger partial charge in [0.15, 0.2) is 0 Å². The highest BCUT2D eigenvalue weighted by Gasteiger charge is 2.43. The van der Waals surface area contributed by atoms with Gasteiger partial charge in [0, 0.05) is 20.8 Å². The van der Waals surface area contributed by atoms with Gasteiger partial charge < -0.3 is 23.6 Å². The summed E-state index contributed by atoms with van der Waals surface area (Å²) in [6, 6.07) is 0. The van der Waals surface area contributed by atoms with Crippen LogP contribution in [0.25, 0.3) is 0 Å². The van der Waals surface area contributed by atoms with E-state index in [1.165, 1.54) is 21.3 Å². The molecule has 21 heavy (non-hydrogen) atoms. The minimum Gasteiger partial charge on any atom is -0.467 e. The quantitative estimate of drug-likeness (QED) is 0.412. The zero-order chi connectivity index (χ0) is 15.9. The Morgan fingerprint density at radius 2 is 1.81 bits per heavy atom. The third-order valence-electron chi connectivity index (χ3n) is 3.61. The maximum Gasteiger partial charge on any atom is 0.370 e. The molecule has 0 aromatic heterocycles. The summed E-state index contributed by atoms with van der Waals surface area (Å²) < 4.78 is 32.0. The summed E-state index contributed by atoms with van der Waals surface area (Å²) in [6.45, 7) is 0.194. The Morgan fingerprint density at radius 1 is 1.24 bits per heavy atom. The molecule has 0 fully saturated rings. The number of esters is 1. The minimum absolute atomic E-state index is 0.0352. The third-order valence-corrected chi connectivity index (χ3v) is 5.56. The van der Waals surface area contributed by atoms with Gasteiger partial charge in [-0.25, -0.2) is 4.79 Å². The first-order valence-electron chi connectivity index (χ1n) is 6.68. The normalized spacial score (nSPS) is 23.8. The van der Waals surface area contributed by atoms with Crippen LogP contribution in [0.15, 0.2) is 12.2 Å². The summed E-state index contributed by atoms with van der Waals surface area (Å²) in [6.07, 6.45) is 5.48. The summed E-state index contributed by atoms with van der Waals surface area (Å²) in [5.41, 5.74) is 0. The van der Waals surface area contributed by atoms with Crippen LogP contribution >= 0.6 is 7.60 Å². The van der Waals surface area contributed by atoms with E-state index in [0.717, 1.165) is 12.8 Å². The Morgan fingerprint density at radius 3 is 2.29 bits per heavy atom. The van der Waals surface area contributed by atoms with Crippen LogP contribution in [0.2, 0.25) is 0 Å². The van der Waals surface area contributed by atoms with E-state index in [9.17, 15) is 14.5 Å². The Bertz CT molecular complexity index is 401. The zero-order valence-corrected chi connectivity index (χ0v) is 13.5. The molecule has 8 heteroatoms. The molecule has 0 aromatic rings. The van der Waals surface area contributed by atoms with Crippen molar-refractivity contribution in [3.8, 4) is 0 Å². The number of aliphatic hydroxyl groups is 1. The Hall–Kier alpha value is -0.720. The van der Waals surface area contributed by atoms with Gasteiger partial charge in [-0.1, -0.05) is 12.2 Å². The van der Waals surface area contributed by atoms with Gasteiger partial charge in [0.25, 0.3) is 5.85 Å². The lowest BCUT2D eigenvalue weighted by atomic mass is 9.84. The lowest BCUT2D eigenvalue weighted by molar-refractivity contribution is -0.150. The van der Waals surface area contributed by atoms with Crippen LogP contribution in [0, 0.1) is 11.8 Å². The number of carbonyl (C=O) groups is 1. The summed E-state index contributed by atoms with van der Waals surface area (Å²) in [7, 11) is -0.194. The average molecular weight is 322 g/mol. The fourth-order valence-electron chi connectivity index (χ4n) is 2.22. The largest absolute Gasteiger partial charge is 0.467 e. The maximum absolute atomic E-state index is 12.3. The first-order chi connectivity index (χ1) is 10.0. The second kappa shape index (κ2) is 8.66. The predicted molar refractivity (Wildman–Crippen MR) is 75.8 cm³/mol. The highest BCUT2D eigenvalue weighted by atomic mass is 31.2. The molecule has 1 rings (SSSR count). The first-order valence-corrected chi connectivity index (χ1v) is 8.30. The molecule has 3 atom stereocenters. The van der Waals surface area contributed by atoms with Gasteiger partial charge in [-0.3, -0.25) is 4.57 Å². The van der Waals surface area contributed by atoms with Gasteiger partial charge in [-0.05, 0) is 24.7 Å². The fraction of sp³-hybridized carbons (Fsp3) is 0.769. The molecule has 7 nitrogen and oxygen atoms in total. The van der Waals surface area contributed by atoms with E-state index in [1.807, 2.05) is 12.2 Å². The van der Waals surface area contributed by atoms with Crippen LogP contribution < -0.4 is 0 Å². The molecule has 0 spiro atoms. The second-order valence-corrected chi connectivity index (χ2v) is 7.04. The number of aliphatic hydroxyl groups excluding tert-OH is 1. The van der Waals surface area contributed by atoms with Crippen LogP contribution in [0.3, 0.4) is 0 Å². The molecule has 1 N–H and O–H groups in total. The standard InChI is InChI=1S/C13H23O7P/c1-17-12(15)13(21(16,18-2)19-3)20-9-11-7-5-4-6-10(11)8-14/h4-5,10-11,13-14H,6-9H2,1-3H3. The highest BCUT2D eigenvalue weighted by Crippen LogP contribution is 2.52. The van der Waals surface area contributed by atoms with Gasteiger partial charge in [0.1, 0.15) is 0 Å². The Kier molecular flexibility index (Phi) is 7.56. The molecule has 0 bridgehead atoms.